The van der Waals surface area contributed by atoms with Crippen molar-refractivity contribution in [3.63, 3.8) is 0 Å². The average Bonchev–Trinajstić information content (AvgIpc) is 1.96. The fourth-order valence-corrected chi connectivity index (χ4v) is 0.805. The van der Waals surface area contributed by atoms with Gasteiger partial charge in [0.15, 0.2) is 0 Å². The Morgan fingerprint density at radius 3 is 2.33 bits per heavy atom. The van der Waals surface area contributed by atoms with Gasteiger partial charge in [0.1, 0.15) is 6.07 Å². The van der Waals surface area contributed by atoms with E-state index in [9.17, 15) is 0 Å². The van der Waals surface area contributed by atoms with E-state index in [-0.39, 0.29) is 5.41 Å². The van der Waals surface area contributed by atoms with Crippen LogP contribution in [-0.4, -0.2) is 5.71 Å². The zero-order chi connectivity index (χ0) is 9.78. The summed E-state index contributed by atoms with van der Waals surface area (Å²) in [5.74, 6) is 5.03. The molecule has 0 bridgehead atoms. The number of hydrogen-bond donors (Lipinski definition) is 2. The van der Waals surface area contributed by atoms with Crippen LogP contribution in [-0.2, 0) is 0 Å². The summed E-state index contributed by atoms with van der Waals surface area (Å²) in [4.78, 5) is 0. The molecule has 0 aromatic rings. The van der Waals surface area contributed by atoms with Crippen molar-refractivity contribution in [3.8, 4) is 6.07 Å². The van der Waals surface area contributed by atoms with Gasteiger partial charge in [-0.25, -0.2) is 11.4 Å². The summed E-state index contributed by atoms with van der Waals surface area (Å²) < 4.78 is 0. The van der Waals surface area contributed by atoms with Gasteiger partial charge >= 0.3 is 0 Å². The normalized spacial score (nSPS) is 12.1. The number of nitriles is 1. The van der Waals surface area contributed by atoms with Crippen LogP contribution in [0.3, 0.4) is 0 Å². The second-order valence-corrected chi connectivity index (χ2v) is 3.43. The first kappa shape index (κ1) is 10.7. The van der Waals surface area contributed by atoms with Gasteiger partial charge < -0.3 is 0 Å². The van der Waals surface area contributed by atoms with Crippen LogP contribution < -0.4 is 11.4 Å². The minimum atomic E-state index is -0.223. The van der Waals surface area contributed by atoms with E-state index in [1.165, 1.54) is 0 Å². The molecular formula is C8H14N4. The van der Waals surface area contributed by atoms with Crippen molar-refractivity contribution in [1.29, 1.82) is 5.26 Å². The Labute approximate surface area is 72.7 Å². The lowest BCUT2D eigenvalue weighted by Gasteiger charge is -2.19. The van der Waals surface area contributed by atoms with E-state index in [0.717, 1.165) is 0 Å². The Morgan fingerprint density at radius 2 is 2.08 bits per heavy atom. The molecule has 0 aliphatic heterocycles. The fraction of sp³-hybridized carbons (Fsp3) is 0.500. The van der Waals surface area contributed by atoms with Crippen LogP contribution in [0.2, 0.25) is 0 Å². The third kappa shape index (κ3) is 2.72. The number of hydrazine groups is 1. The van der Waals surface area contributed by atoms with E-state index in [0.29, 0.717) is 11.3 Å². The zero-order valence-electron chi connectivity index (χ0n) is 7.68. The molecule has 0 spiro atoms. The van der Waals surface area contributed by atoms with E-state index < -0.39 is 0 Å². The second kappa shape index (κ2) is 3.88. The first-order valence-electron chi connectivity index (χ1n) is 3.56. The standard InChI is InChI=1S/C8H14N4/c1-6(5-9)7(11-12-10)8(2,3)4/h12H,1,10H2,2-4H3/b11-7+. The number of nitrogens with zero attached hydrogens (tertiary/aromatic N) is 2. The minimum Gasteiger partial charge on any atom is -0.245 e. The molecule has 3 N–H and O–H groups in total. The van der Waals surface area contributed by atoms with Gasteiger partial charge in [-0.2, -0.15) is 10.4 Å². The number of nitrogens with two attached hydrogens (primary N) is 1. The zero-order valence-corrected chi connectivity index (χ0v) is 7.68. The van der Waals surface area contributed by atoms with Crippen LogP contribution in [0, 0.1) is 16.7 Å². The predicted molar refractivity (Wildman–Crippen MR) is 49.0 cm³/mol. The topological polar surface area (TPSA) is 74.2 Å². The third-order valence-corrected chi connectivity index (χ3v) is 1.31. The molecule has 0 aromatic carbocycles. The highest BCUT2D eigenvalue weighted by molar-refractivity contribution is 6.06. The maximum atomic E-state index is 8.60. The van der Waals surface area contributed by atoms with E-state index >= 15 is 0 Å². The summed E-state index contributed by atoms with van der Waals surface area (Å²) in [5.41, 5.74) is 2.85. The van der Waals surface area contributed by atoms with Gasteiger partial charge in [-0.15, -0.1) is 0 Å². The molecule has 0 aromatic heterocycles. The molecule has 0 rings (SSSR count). The monoisotopic (exact) mass is 166 g/mol. The fourth-order valence-electron chi connectivity index (χ4n) is 0.805. The molecule has 0 heterocycles. The molecule has 0 aliphatic carbocycles. The van der Waals surface area contributed by atoms with Gasteiger partial charge in [0.05, 0.1) is 11.3 Å². The summed E-state index contributed by atoms with van der Waals surface area (Å²) in [6.07, 6.45) is 0. The summed E-state index contributed by atoms with van der Waals surface area (Å²) in [6, 6.07) is 1.94. The van der Waals surface area contributed by atoms with Gasteiger partial charge in [-0.3, -0.25) is 0 Å². The summed E-state index contributed by atoms with van der Waals surface area (Å²) in [7, 11) is 0. The lowest BCUT2D eigenvalue weighted by molar-refractivity contribution is 0.582. The van der Waals surface area contributed by atoms with E-state index in [1.807, 2.05) is 26.8 Å². The van der Waals surface area contributed by atoms with Gasteiger partial charge in [-0.05, 0) is 0 Å². The molecule has 4 heteroatoms. The molecule has 0 saturated heterocycles. The van der Waals surface area contributed by atoms with Crippen molar-refractivity contribution < 1.29 is 0 Å². The highest BCUT2D eigenvalue weighted by atomic mass is 15.5. The average molecular weight is 166 g/mol. The summed E-state index contributed by atoms with van der Waals surface area (Å²) >= 11 is 0. The molecular weight excluding hydrogens is 152 g/mol. The van der Waals surface area contributed by atoms with Crippen molar-refractivity contribution in [2.24, 2.45) is 16.4 Å². The Bertz CT molecular complexity index is 239. The molecule has 0 amide bonds. The van der Waals surface area contributed by atoms with E-state index in [4.69, 9.17) is 11.1 Å². The molecule has 0 fully saturated rings. The van der Waals surface area contributed by atoms with Crippen molar-refractivity contribution >= 4 is 5.71 Å². The van der Waals surface area contributed by atoms with Crippen LogP contribution >= 0.6 is 0 Å². The Balaban J connectivity index is 4.85. The first-order valence-corrected chi connectivity index (χ1v) is 3.56. The first-order chi connectivity index (χ1) is 5.43. The molecule has 4 nitrogen and oxygen atoms in total. The Hall–Kier alpha value is -1.34. The lowest BCUT2D eigenvalue weighted by atomic mass is 9.86. The van der Waals surface area contributed by atoms with E-state index in [1.54, 1.807) is 0 Å². The van der Waals surface area contributed by atoms with Crippen LogP contribution in [0.25, 0.3) is 0 Å². The minimum absolute atomic E-state index is 0.223. The Morgan fingerprint density at radius 1 is 1.58 bits per heavy atom. The summed E-state index contributed by atoms with van der Waals surface area (Å²) in [6.45, 7) is 9.38. The third-order valence-electron chi connectivity index (χ3n) is 1.31. The van der Waals surface area contributed by atoms with Crippen molar-refractivity contribution in [1.82, 2.24) is 5.53 Å². The number of hydrazone groups is 1. The van der Waals surface area contributed by atoms with Crippen molar-refractivity contribution in [2.75, 3.05) is 0 Å². The van der Waals surface area contributed by atoms with Gasteiger partial charge in [0, 0.05) is 5.41 Å². The highest BCUT2D eigenvalue weighted by Gasteiger charge is 2.21. The van der Waals surface area contributed by atoms with Crippen molar-refractivity contribution in [3.05, 3.63) is 12.2 Å². The number of nitrogens with one attached hydrogen (secondary N) is 1. The smallest absolute Gasteiger partial charge is 0.101 e. The molecule has 0 atom stereocenters. The molecule has 0 saturated carbocycles. The highest BCUT2D eigenvalue weighted by Crippen LogP contribution is 2.19. The van der Waals surface area contributed by atoms with Crippen LogP contribution in [0.1, 0.15) is 20.8 Å². The maximum Gasteiger partial charge on any atom is 0.101 e. The van der Waals surface area contributed by atoms with Gasteiger partial charge in [0.2, 0.25) is 0 Å². The molecule has 12 heavy (non-hydrogen) atoms. The van der Waals surface area contributed by atoms with Crippen LogP contribution in [0.5, 0.6) is 0 Å². The SMILES string of the molecule is C=C(C#N)/C(=N\NN)C(C)(C)C. The van der Waals surface area contributed by atoms with Crippen molar-refractivity contribution in [2.45, 2.75) is 20.8 Å². The van der Waals surface area contributed by atoms with Crippen LogP contribution in [0.4, 0.5) is 0 Å². The quantitative estimate of drug-likeness (QED) is 0.277. The number of rotatable bonds is 2. The predicted octanol–water partition coefficient (Wildman–Crippen LogP) is 0.932. The molecule has 66 valence electrons. The lowest BCUT2D eigenvalue weighted by Crippen LogP contribution is -2.27. The Kier molecular flexibility index (Phi) is 3.45. The largest absolute Gasteiger partial charge is 0.245 e. The molecule has 0 radical (unpaired) electrons. The van der Waals surface area contributed by atoms with Gasteiger partial charge in [0.25, 0.3) is 0 Å². The summed E-state index contributed by atoms with van der Waals surface area (Å²) in [5, 5.41) is 12.4. The molecule has 0 aliphatic rings. The maximum absolute atomic E-state index is 8.60. The van der Waals surface area contributed by atoms with Crippen LogP contribution in [0.15, 0.2) is 17.3 Å². The van der Waals surface area contributed by atoms with E-state index in [2.05, 4.69) is 17.2 Å². The number of allylic oxidation sites excluding steroid dienone is 1. The second-order valence-electron chi connectivity index (χ2n) is 3.43. The number of hydrogen-bond acceptors (Lipinski definition) is 4. The van der Waals surface area contributed by atoms with Gasteiger partial charge in [-0.1, -0.05) is 27.4 Å². The molecule has 0 unspecified atom stereocenters.